The minimum Gasteiger partial charge on any atom is -0.479 e. The molecule has 0 saturated carbocycles. The van der Waals surface area contributed by atoms with E-state index in [9.17, 15) is 9.59 Å². The van der Waals surface area contributed by atoms with E-state index >= 15 is 0 Å². The van der Waals surface area contributed by atoms with Crippen LogP contribution in [-0.4, -0.2) is 54.4 Å². The van der Waals surface area contributed by atoms with Crippen molar-refractivity contribution >= 4 is 38.3 Å². The van der Waals surface area contributed by atoms with Gasteiger partial charge >= 0.3 is 5.97 Å². The summed E-state index contributed by atoms with van der Waals surface area (Å²) in [5.74, 6) is -1.19. The van der Waals surface area contributed by atoms with Gasteiger partial charge in [0, 0.05) is 11.1 Å². The molecule has 0 aromatic heterocycles. The summed E-state index contributed by atoms with van der Waals surface area (Å²) in [6.45, 7) is 17.8. The second kappa shape index (κ2) is 8.37. The number of fused-ring (bicyclic) bond motifs is 3. The van der Waals surface area contributed by atoms with E-state index in [2.05, 4.69) is 57.5 Å². The summed E-state index contributed by atoms with van der Waals surface area (Å²) in [6.07, 6.45) is 0. The molecular weight excluding hydrogens is 436 g/mol. The number of hydrogen-bond donors (Lipinski definition) is 3. The lowest BCUT2D eigenvalue weighted by molar-refractivity contribution is -0.181. The summed E-state index contributed by atoms with van der Waals surface area (Å²) in [5, 5.41) is 29.4. The fraction of sp³-hybridized carbons (Fsp3) is 0.440. The molecule has 3 N–H and O–H groups in total. The van der Waals surface area contributed by atoms with Crippen LogP contribution < -0.4 is 10.4 Å². The monoisotopic (exact) mass is 472 g/mol. The molecule has 0 spiro atoms. The lowest BCUT2D eigenvalue weighted by atomic mass is 9.88. The summed E-state index contributed by atoms with van der Waals surface area (Å²) < 4.78 is 0. The fourth-order valence-corrected chi connectivity index (χ4v) is 9.38. The van der Waals surface area contributed by atoms with E-state index in [0.29, 0.717) is 0 Å². The van der Waals surface area contributed by atoms with Gasteiger partial charge in [0.25, 0.3) is 0 Å². The number of hydrogen-bond acceptors (Lipinski definition) is 4. The van der Waals surface area contributed by atoms with E-state index in [1.165, 1.54) is 24.2 Å². The highest BCUT2D eigenvalue weighted by atomic mass is 28.3. The Bertz CT molecular complexity index is 1050. The molecule has 0 amide bonds. The van der Waals surface area contributed by atoms with Crippen LogP contribution in [0.5, 0.6) is 0 Å². The van der Waals surface area contributed by atoms with Crippen molar-refractivity contribution in [3.8, 4) is 11.1 Å². The van der Waals surface area contributed by atoms with Gasteiger partial charge in [-0.2, -0.15) is 0 Å². The van der Waals surface area contributed by atoms with Crippen molar-refractivity contribution in [3.63, 3.8) is 0 Å². The van der Waals surface area contributed by atoms with Crippen LogP contribution in [0, 0.1) is 0 Å². The van der Waals surface area contributed by atoms with Crippen LogP contribution in [0.25, 0.3) is 11.1 Å². The van der Waals surface area contributed by atoms with Gasteiger partial charge < -0.3 is 15.3 Å². The molecule has 0 aliphatic heterocycles. The van der Waals surface area contributed by atoms with Crippen LogP contribution in [0.3, 0.4) is 0 Å². The fourth-order valence-electron chi connectivity index (χ4n) is 3.78. The molecule has 32 heavy (non-hydrogen) atoms. The van der Waals surface area contributed by atoms with E-state index in [0.717, 1.165) is 29.2 Å². The van der Waals surface area contributed by atoms with E-state index in [1.807, 2.05) is 18.2 Å². The molecule has 2 aromatic rings. The van der Waals surface area contributed by atoms with Crippen LogP contribution in [0.1, 0.15) is 36.7 Å². The van der Waals surface area contributed by atoms with Gasteiger partial charge in [-0.25, -0.2) is 4.79 Å². The van der Waals surface area contributed by atoms with E-state index < -0.39 is 33.3 Å². The minimum atomic E-state index is -2.09. The molecule has 5 nitrogen and oxygen atoms in total. The van der Waals surface area contributed by atoms with Crippen molar-refractivity contribution in [1.82, 2.24) is 0 Å². The van der Waals surface area contributed by atoms with Gasteiger partial charge in [0.05, 0.1) is 21.7 Å². The molecule has 2 aromatic carbocycles. The number of carbonyl (C=O) groups excluding carboxylic acids is 1. The summed E-state index contributed by atoms with van der Waals surface area (Å²) in [5.41, 5.74) is 0.445. The number of ketones is 1. The van der Waals surface area contributed by atoms with Gasteiger partial charge in [-0.05, 0) is 37.1 Å². The summed E-state index contributed by atoms with van der Waals surface area (Å²) >= 11 is 0. The van der Waals surface area contributed by atoms with E-state index in [4.69, 9.17) is 15.3 Å². The van der Waals surface area contributed by atoms with Crippen LogP contribution in [0.4, 0.5) is 0 Å². The Hall–Kier alpha value is -2.07. The zero-order valence-corrected chi connectivity index (χ0v) is 22.6. The molecule has 0 radical (unpaired) electrons. The topological polar surface area (TPSA) is 94.8 Å². The maximum Gasteiger partial charge on any atom is 0.338 e. The van der Waals surface area contributed by atoms with Gasteiger partial charge in [-0.3, -0.25) is 4.79 Å². The SMILES string of the molecule is CC(C)(O)C(C)(O)C(=O)O.C[Si](C)(C)c1ccc2c(c1[Si](C)(C)C)C(=O)c1ccccc1-2. The molecule has 0 bridgehead atoms. The van der Waals surface area contributed by atoms with Crippen molar-refractivity contribution in [1.29, 1.82) is 0 Å². The van der Waals surface area contributed by atoms with E-state index in [-0.39, 0.29) is 5.78 Å². The van der Waals surface area contributed by atoms with Crippen LogP contribution in [0.15, 0.2) is 36.4 Å². The number of rotatable bonds is 4. The number of benzene rings is 2. The number of aliphatic carboxylic acids is 1. The van der Waals surface area contributed by atoms with Gasteiger partial charge in [0.2, 0.25) is 0 Å². The first kappa shape index (κ1) is 26.2. The molecule has 7 heteroatoms. The van der Waals surface area contributed by atoms with Crippen molar-refractivity contribution in [3.05, 3.63) is 47.5 Å². The van der Waals surface area contributed by atoms with Crippen molar-refractivity contribution < 1.29 is 24.9 Å². The quantitative estimate of drug-likeness (QED) is 0.505. The molecule has 174 valence electrons. The van der Waals surface area contributed by atoms with Gasteiger partial charge in [-0.1, -0.05) is 80.9 Å². The molecule has 0 fully saturated rings. The predicted octanol–water partition coefficient (Wildman–Crippen LogP) is 3.58. The highest BCUT2D eigenvalue weighted by Gasteiger charge is 2.44. The van der Waals surface area contributed by atoms with Gasteiger partial charge in [-0.15, -0.1) is 0 Å². The summed E-state index contributed by atoms with van der Waals surface area (Å²) in [6, 6.07) is 12.6. The molecule has 3 rings (SSSR count). The second-order valence-corrected chi connectivity index (χ2v) is 21.3. The predicted molar refractivity (Wildman–Crippen MR) is 136 cm³/mol. The second-order valence-electron chi connectivity index (χ2n) is 11.2. The molecule has 0 saturated heterocycles. The average Bonchev–Trinajstić information content (AvgIpc) is 2.92. The third-order valence-electron chi connectivity index (χ3n) is 6.06. The van der Waals surface area contributed by atoms with Gasteiger partial charge in [0.1, 0.15) is 0 Å². The Labute approximate surface area is 193 Å². The van der Waals surface area contributed by atoms with Crippen molar-refractivity contribution in [2.75, 3.05) is 0 Å². The third-order valence-corrected chi connectivity index (χ3v) is 10.4. The number of carboxylic acids is 1. The first-order chi connectivity index (χ1) is 14.3. The lowest BCUT2D eigenvalue weighted by Gasteiger charge is -2.30. The molecule has 0 heterocycles. The zero-order chi connectivity index (χ0) is 24.9. The van der Waals surface area contributed by atoms with Crippen molar-refractivity contribution in [2.45, 2.75) is 71.3 Å². The number of carboxylic acid groups (broad SMARTS) is 1. The Morgan fingerprint density at radius 3 is 1.66 bits per heavy atom. The van der Waals surface area contributed by atoms with E-state index in [1.54, 1.807) is 0 Å². The zero-order valence-electron chi connectivity index (χ0n) is 20.6. The first-order valence-corrected chi connectivity index (χ1v) is 17.8. The van der Waals surface area contributed by atoms with Crippen molar-refractivity contribution in [2.24, 2.45) is 0 Å². The smallest absolute Gasteiger partial charge is 0.338 e. The average molecular weight is 473 g/mol. The normalized spacial score (nSPS) is 15.3. The maximum absolute atomic E-state index is 13.1. The maximum atomic E-state index is 13.1. The standard InChI is InChI=1S/C19H24OSi2.C6H12O4/c1-21(2,3)16-12-11-14-13-9-7-8-10-15(13)18(20)17(14)19(16)22(4,5)6;1-5(2,9)6(3,10)4(7)8/h7-12H,1-6H3;9-10H,1-3H3,(H,7,8). The molecule has 1 aliphatic carbocycles. The highest BCUT2D eigenvalue weighted by Crippen LogP contribution is 2.36. The molecular formula is C25H36O5Si2. The summed E-state index contributed by atoms with van der Waals surface area (Å²) in [7, 11) is -3.09. The Morgan fingerprint density at radius 1 is 0.781 bits per heavy atom. The van der Waals surface area contributed by atoms with Gasteiger partial charge in [0.15, 0.2) is 11.4 Å². The molecule has 1 unspecified atom stereocenters. The lowest BCUT2D eigenvalue weighted by Crippen LogP contribution is -2.58. The van der Waals surface area contributed by atoms with Crippen LogP contribution in [-0.2, 0) is 4.79 Å². The Morgan fingerprint density at radius 2 is 1.28 bits per heavy atom. The minimum absolute atomic E-state index is 0.239. The number of carbonyl (C=O) groups is 2. The summed E-state index contributed by atoms with van der Waals surface area (Å²) in [4.78, 5) is 23.3. The highest BCUT2D eigenvalue weighted by molar-refractivity contribution is 6.99. The molecule has 1 aliphatic rings. The molecule has 1 atom stereocenters. The van der Waals surface area contributed by atoms with Crippen LogP contribution >= 0.6 is 0 Å². The largest absolute Gasteiger partial charge is 0.479 e. The Balaban J connectivity index is 0.000000309. The van der Waals surface area contributed by atoms with Crippen LogP contribution in [0.2, 0.25) is 39.3 Å². The first-order valence-electron chi connectivity index (χ1n) is 10.8. The third kappa shape index (κ3) is 4.81. The Kier molecular flexibility index (Phi) is 6.85. The number of aliphatic hydroxyl groups is 2.